The van der Waals surface area contributed by atoms with Crippen LogP contribution in [-0.2, 0) is 19.7 Å². The molecule has 1 aromatic rings. The van der Waals surface area contributed by atoms with Gasteiger partial charge in [0, 0.05) is 0 Å². The summed E-state index contributed by atoms with van der Waals surface area (Å²) in [6.45, 7) is 1.30. The van der Waals surface area contributed by atoms with Gasteiger partial charge in [-0.15, -0.1) is 0 Å². The Bertz CT molecular complexity index is 502. The Morgan fingerprint density at radius 3 is 2.37 bits per heavy atom. The second-order valence-corrected chi connectivity index (χ2v) is 5.19. The molecule has 5 heteroatoms. The largest absolute Gasteiger partial charge is 0.497 e. The van der Waals surface area contributed by atoms with E-state index in [0.29, 0.717) is 13.2 Å². The topological polar surface area (TPSA) is 65.0 Å². The van der Waals surface area contributed by atoms with Gasteiger partial charge in [-0.2, -0.15) is 0 Å². The highest BCUT2D eigenvalue weighted by atomic mass is 16.5. The van der Waals surface area contributed by atoms with Crippen molar-refractivity contribution in [3.8, 4) is 5.75 Å². The van der Waals surface area contributed by atoms with Crippen LogP contribution in [0, 0.1) is 5.41 Å². The van der Waals surface area contributed by atoms with Crippen molar-refractivity contribution in [3.05, 3.63) is 29.8 Å². The zero-order valence-electron chi connectivity index (χ0n) is 10.7. The molecule has 0 unspecified atom stereocenters. The maximum atomic E-state index is 11.7. The minimum atomic E-state index is -0.877. The number of hydrogen-bond acceptors (Lipinski definition) is 4. The summed E-state index contributed by atoms with van der Waals surface area (Å²) < 4.78 is 15.8. The number of aliphatic carboxylic acids is 1. The maximum Gasteiger partial charge on any atom is 0.315 e. The second-order valence-electron chi connectivity index (χ2n) is 5.19. The number of ether oxygens (including phenoxy) is 3. The summed E-state index contributed by atoms with van der Waals surface area (Å²) in [5, 5.41) is 9.61. The maximum absolute atomic E-state index is 11.7. The Balaban J connectivity index is 2.05. The molecule has 0 atom stereocenters. The van der Waals surface area contributed by atoms with E-state index in [1.165, 1.54) is 0 Å². The van der Waals surface area contributed by atoms with Gasteiger partial charge in [-0.25, -0.2) is 0 Å². The Hall–Kier alpha value is -1.59. The number of rotatable bonds is 4. The molecular weight excluding hydrogens is 248 g/mol. The van der Waals surface area contributed by atoms with Crippen LogP contribution in [0.3, 0.4) is 0 Å². The Morgan fingerprint density at radius 1 is 1.26 bits per heavy atom. The smallest absolute Gasteiger partial charge is 0.315 e. The molecule has 2 aliphatic heterocycles. The van der Waals surface area contributed by atoms with E-state index in [4.69, 9.17) is 14.2 Å². The number of hydrogen-bond donors (Lipinski definition) is 1. The fraction of sp³-hybridized carbons (Fsp3) is 0.500. The highest BCUT2D eigenvalue weighted by Crippen LogP contribution is 2.52. The van der Waals surface area contributed by atoms with Crippen LogP contribution < -0.4 is 4.74 Å². The quantitative estimate of drug-likeness (QED) is 0.881. The highest BCUT2D eigenvalue weighted by molar-refractivity contribution is 5.79. The summed E-state index contributed by atoms with van der Waals surface area (Å²) >= 11 is 0. The molecule has 0 bridgehead atoms. The Labute approximate surface area is 111 Å². The summed E-state index contributed by atoms with van der Waals surface area (Å²) in [7, 11) is 1.60. The predicted molar refractivity (Wildman–Crippen MR) is 66.4 cm³/mol. The van der Waals surface area contributed by atoms with Gasteiger partial charge in [-0.05, 0) is 17.7 Å². The molecule has 2 heterocycles. The molecule has 5 nitrogen and oxygen atoms in total. The van der Waals surface area contributed by atoms with E-state index in [1.54, 1.807) is 7.11 Å². The highest BCUT2D eigenvalue weighted by Gasteiger charge is 2.65. The first kappa shape index (κ1) is 12.4. The van der Waals surface area contributed by atoms with E-state index < -0.39 is 16.8 Å². The second kappa shape index (κ2) is 4.21. The fourth-order valence-electron chi connectivity index (χ4n) is 2.86. The van der Waals surface area contributed by atoms with Gasteiger partial charge in [0.15, 0.2) is 0 Å². The molecule has 102 valence electrons. The van der Waals surface area contributed by atoms with Crippen LogP contribution in [0.5, 0.6) is 5.75 Å². The van der Waals surface area contributed by atoms with Gasteiger partial charge in [0.05, 0.1) is 39.0 Å². The molecule has 0 saturated carbocycles. The molecule has 0 amide bonds. The van der Waals surface area contributed by atoms with Gasteiger partial charge in [-0.3, -0.25) is 4.79 Å². The number of carboxylic acids is 1. The monoisotopic (exact) mass is 264 g/mol. The summed E-state index contributed by atoms with van der Waals surface area (Å²) in [5.74, 6) is -0.0885. The van der Waals surface area contributed by atoms with E-state index in [-0.39, 0.29) is 13.2 Å². The van der Waals surface area contributed by atoms with Crippen LogP contribution in [-0.4, -0.2) is 44.6 Å². The van der Waals surface area contributed by atoms with Gasteiger partial charge in [-0.1, -0.05) is 12.1 Å². The van der Waals surface area contributed by atoms with Crippen molar-refractivity contribution in [2.24, 2.45) is 5.41 Å². The molecule has 0 aliphatic carbocycles. The van der Waals surface area contributed by atoms with Gasteiger partial charge < -0.3 is 19.3 Å². The summed E-state index contributed by atoms with van der Waals surface area (Å²) in [6, 6.07) is 7.56. The average Bonchev–Trinajstić information content (AvgIpc) is 2.30. The van der Waals surface area contributed by atoms with Gasteiger partial charge in [0.25, 0.3) is 0 Å². The zero-order valence-corrected chi connectivity index (χ0v) is 10.7. The van der Waals surface area contributed by atoms with Gasteiger partial charge in [0.1, 0.15) is 11.2 Å². The number of carbonyl (C=O) groups is 1. The van der Waals surface area contributed by atoms with E-state index >= 15 is 0 Å². The predicted octanol–water partition coefficient (Wildman–Crippen LogP) is 1.06. The third kappa shape index (κ3) is 1.52. The van der Waals surface area contributed by atoms with Crippen LogP contribution in [0.15, 0.2) is 24.3 Å². The van der Waals surface area contributed by atoms with E-state index in [9.17, 15) is 9.90 Å². The van der Waals surface area contributed by atoms with Crippen molar-refractivity contribution in [3.63, 3.8) is 0 Å². The normalized spacial score (nSPS) is 23.0. The molecule has 1 aromatic carbocycles. The minimum absolute atomic E-state index is 0.239. The SMILES string of the molecule is COc1cccc(C2(C3(C(=O)O)COC3)COC2)c1. The molecule has 1 N–H and O–H groups in total. The number of benzene rings is 1. The molecule has 2 aliphatic rings. The summed E-state index contributed by atoms with van der Waals surface area (Å²) in [5.41, 5.74) is -0.438. The van der Waals surface area contributed by atoms with Gasteiger partial charge in [0.2, 0.25) is 0 Å². The first-order valence-corrected chi connectivity index (χ1v) is 6.18. The van der Waals surface area contributed by atoms with Crippen molar-refractivity contribution in [2.75, 3.05) is 33.5 Å². The molecule has 2 fully saturated rings. The molecule has 2 saturated heterocycles. The van der Waals surface area contributed by atoms with Crippen molar-refractivity contribution in [2.45, 2.75) is 5.41 Å². The van der Waals surface area contributed by atoms with Crippen LogP contribution >= 0.6 is 0 Å². The lowest BCUT2D eigenvalue weighted by Crippen LogP contribution is -2.69. The first-order chi connectivity index (χ1) is 9.14. The van der Waals surface area contributed by atoms with Gasteiger partial charge >= 0.3 is 5.97 Å². The van der Waals surface area contributed by atoms with Crippen LogP contribution in [0.25, 0.3) is 0 Å². The lowest BCUT2D eigenvalue weighted by Gasteiger charge is -2.56. The lowest BCUT2D eigenvalue weighted by molar-refractivity contribution is -0.236. The summed E-state index contributed by atoms with van der Waals surface area (Å²) in [4.78, 5) is 11.7. The number of carboxylic acid groups (broad SMARTS) is 1. The lowest BCUT2D eigenvalue weighted by atomic mass is 9.57. The fourth-order valence-corrected chi connectivity index (χ4v) is 2.86. The van der Waals surface area contributed by atoms with E-state index in [0.717, 1.165) is 11.3 Å². The van der Waals surface area contributed by atoms with Crippen LogP contribution in [0.1, 0.15) is 5.56 Å². The molecule has 19 heavy (non-hydrogen) atoms. The number of methoxy groups -OCH3 is 1. The standard InChI is InChI=1S/C14H16O5/c1-17-11-4-2-3-10(5-11)13(6-18-7-13)14(12(15)16)8-19-9-14/h2-5H,6-9H2,1H3,(H,15,16). The third-order valence-electron chi connectivity index (χ3n) is 4.34. The van der Waals surface area contributed by atoms with Crippen molar-refractivity contribution < 1.29 is 24.1 Å². The van der Waals surface area contributed by atoms with Crippen molar-refractivity contribution in [1.82, 2.24) is 0 Å². The summed E-state index contributed by atoms with van der Waals surface area (Å²) in [6.07, 6.45) is 0. The zero-order chi connectivity index (χ0) is 13.5. The van der Waals surface area contributed by atoms with E-state index in [1.807, 2.05) is 24.3 Å². The molecule has 0 aromatic heterocycles. The minimum Gasteiger partial charge on any atom is -0.497 e. The third-order valence-corrected chi connectivity index (χ3v) is 4.34. The first-order valence-electron chi connectivity index (χ1n) is 6.18. The Morgan fingerprint density at radius 2 is 1.95 bits per heavy atom. The van der Waals surface area contributed by atoms with E-state index in [2.05, 4.69) is 0 Å². The molecule has 3 rings (SSSR count). The van der Waals surface area contributed by atoms with Crippen molar-refractivity contribution in [1.29, 1.82) is 0 Å². The van der Waals surface area contributed by atoms with Crippen molar-refractivity contribution >= 4 is 5.97 Å². The van der Waals surface area contributed by atoms with Crippen LogP contribution in [0.2, 0.25) is 0 Å². The van der Waals surface area contributed by atoms with Crippen LogP contribution in [0.4, 0.5) is 0 Å². The molecular formula is C14H16O5. The molecule has 0 spiro atoms. The average molecular weight is 264 g/mol. The molecule has 0 radical (unpaired) electrons. The Kier molecular flexibility index (Phi) is 2.76.